The van der Waals surface area contributed by atoms with Crippen LogP contribution in [0.3, 0.4) is 0 Å². The monoisotopic (exact) mass is 424 g/mol. The second kappa shape index (κ2) is 9.75. The van der Waals surface area contributed by atoms with Crippen LogP contribution in [0.4, 0.5) is 5.69 Å². The Kier molecular flexibility index (Phi) is 6.86. The van der Waals surface area contributed by atoms with E-state index in [1.165, 1.54) is 18.0 Å². The summed E-state index contributed by atoms with van der Waals surface area (Å²) in [6, 6.07) is 10.6. The third-order valence-corrected chi connectivity index (χ3v) is 4.62. The van der Waals surface area contributed by atoms with E-state index in [1.807, 2.05) is 32.0 Å². The first-order chi connectivity index (χ1) is 14.8. The fourth-order valence-corrected chi connectivity index (χ4v) is 2.93. The lowest BCUT2D eigenvalue weighted by Gasteiger charge is -2.18. The highest BCUT2D eigenvalue weighted by atomic mass is 16.5. The fraction of sp³-hybridized carbons (Fsp3) is 0.273. The lowest BCUT2D eigenvalue weighted by molar-refractivity contribution is -0.136. The van der Waals surface area contributed by atoms with Gasteiger partial charge in [-0.3, -0.25) is 14.3 Å². The number of nitrogens with zero attached hydrogens (tertiary/aromatic N) is 3. The van der Waals surface area contributed by atoms with Crippen LogP contribution < -0.4 is 5.32 Å². The number of furan rings is 1. The van der Waals surface area contributed by atoms with Crippen LogP contribution in [0.2, 0.25) is 0 Å². The first-order valence-corrected chi connectivity index (χ1v) is 9.67. The first-order valence-electron chi connectivity index (χ1n) is 9.67. The molecule has 1 N–H and O–H groups in total. The zero-order valence-corrected chi connectivity index (χ0v) is 17.6. The van der Waals surface area contributed by atoms with Crippen molar-refractivity contribution in [2.24, 2.45) is 0 Å². The maximum atomic E-state index is 12.3. The Labute approximate surface area is 179 Å². The van der Waals surface area contributed by atoms with E-state index >= 15 is 0 Å². The quantitative estimate of drug-likeness (QED) is 0.557. The number of aryl methyl sites for hydroxylation is 2. The summed E-state index contributed by atoms with van der Waals surface area (Å²) in [7, 11) is 1.47. The highest BCUT2D eigenvalue weighted by Gasteiger charge is 2.19. The maximum absolute atomic E-state index is 12.3. The molecule has 9 heteroatoms. The van der Waals surface area contributed by atoms with Gasteiger partial charge >= 0.3 is 5.97 Å². The molecule has 9 nitrogen and oxygen atoms in total. The average Bonchev–Trinajstić information content (AvgIpc) is 3.41. The Bertz CT molecular complexity index is 1050. The van der Waals surface area contributed by atoms with Crippen molar-refractivity contribution in [1.82, 2.24) is 14.7 Å². The van der Waals surface area contributed by atoms with Gasteiger partial charge in [0.25, 0.3) is 5.91 Å². The van der Waals surface area contributed by atoms with Gasteiger partial charge in [0.05, 0.1) is 13.1 Å². The number of esters is 1. The number of benzene rings is 1. The summed E-state index contributed by atoms with van der Waals surface area (Å²) in [5.74, 6) is -1.08. The van der Waals surface area contributed by atoms with Gasteiger partial charge in [0, 0.05) is 25.1 Å². The molecular weight excluding hydrogens is 400 g/mol. The number of rotatable bonds is 8. The Morgan fingerprint density at radius 2 is 1.87 bits per heavy atom. The largest absolute Gasteiger partial charge is 0.452 e. The molecule has 31 heavy (non-hydrogen) atoms. The minimum atomic E-state index is -0.756. The van der Waals surface area contributed by atoms with Gasteiger partial charge in [0.2, 0.25) is 11.7 Å². The predicted octanol–water partition coefficient (Wildman–Crippen LogP) is 2.40. The number of hydrogen-bond donors (Lipinski definition) is 1. The highest BCUT2D eigenvalue weighted by molar-refractivity contribution is 5.96. The molecule has 0 aliphatic rings. The second-order valence-corrected chi connectivity index (χ2v) is 7.11. The van der Waals surface area contributed by atoms with E-state index in [4.69, 9.17) is 9.15 Å². The van der Waals surface area contributed by atoms with Gasteiger partial charge in [0.15, 0.2) is 6.61 Å². The molecule has 2 amide bonds. The molecule has 0 aliphatic carbocycles. The van der Waals surface area contributed by atoms with Gasteiger partial charge in [-0.25, -0.2) is 4.79 Å². The summed E-state index contributed by atoms with van der Waals surface area (Å²) >= 11 is 0. The number of hydrogen-bond acceptors (Lipinski definition) is 6. The van der Waals surface area contributed by atoms with Gasteiger partial charge in [-0.1, -0.05) is 18.2 Å². The van der Waals surface area contributed by atoms with Crippen molar-refractivity contribution in [3.05, 3.63) is 71.4 Å². The number of nitrogens with one attached hydrogen (secondary N) is 1. The minimum Gasteiger partial charge on any atom is -0.452 e. The van der Waals surface area contributed by atoms with E-state index in [1.54, 1.807) is 29.2 Å². The summed E-state index contributed by atoms with van der Waals surface area (Å²) in [5, 5.41) is 6.87. The van der Waals surface area contributed by atoms with Gasteiger partial charge in [-0.2, -0.15) is 5.10 Å². The van der Waals surface area contributed by atoms with Crippen LogP contribution >= 0.6 is 0 Å². The normalized spacial score (nSPS) is 10.5. The number of amides is 2. The van der Waals surface area contributed by atoms with Crippen molar-refractivity contribution in [2.45, 2.75) is 20.4 Å². The number of carbonyl (C=O) groups excluding carboxylic acids is 3. The molecule has 0 spiro atoms. The first kappa shape index (κ1) is 21.8. The standard InChI is InChI=1S/C22H24N4O5/c1-15-6-4-7-16(2)21(15)24-19(27)13-25(3)20(28)14-30-22(29)18-9-8-17(31-18)12-26-11-5-10-23-26/h4-11H,12-14H2,1-3H3,(H,24,27). The summed E-state index contributed by atoms with van der Waals surface area (Å²) in [5.41, 5.74) is 2.59. The highest BCUT2D eigenvalue weighted by Crippen LogP contribution is 2.19. The zero-order chi connectivity index (χ0) is 22.4. The number of carbonyl (C=O) groups is 3. The Morgan fingerprint density at radius 3 is 2.55 bits per heavy atom. The molecule has 2 heterocycles. The van der Waals surface area contributed by atoms with E-state index in [-0.39, 0.29) is 18.2 Å². The molecule has 162 valence electrons. The summed E-state index contributed by atoms with van der Waals surface area (Å²) < 4.78 is 12.1. The Morgan fingerprint density at radius 1 is 1.13 bits per heavy atom. The van der Waals surface area contributed by atoms with E-state index in [0.717, 1.165) is 16.8 Å². The van der Waals surface area contributed by atoms with Crippen molar-refractivity contribution in [1.29, 1.82) is 0 Å². The Balaban J connectivity index is 1.47. The summed E-state index contributed by atoms with van der Waals surface area (Å²) in [4.78, 5) is 37.9. The topological polar surface area (TPSA) is 107 Å². The number of anilines is 1. The number of likely N-dealkylation sites (N-methyl/N-ethyl adjacent to an activating group) is 1. The molecule has 2 aromatic heterocycles. The Hall–Kier alpha value is -3.88. The molecule has 0 fully saturated rings. The van der Waals surface area contributed by atoms with Crippen molar-refractivity contribution in [3.63, 3.8) is 0 Å². The lowest BCUT2D eigenvalue weighted by atomic mass is 10.1. The van der Waals surface area contributed by atoms with Crippen molar-refractivity contribution in [2.75, 3.05) is 25.5 Å². The molecule has 0 atom stereocenters. The summed E-state index contributed by atoms with van der Waals surface area (Å²) in [6.07, 6.45) is 3.41. The van der Waals surface area contributed by atoms with Crippen molar-refractivity contribution >= 4 is 23.5 Å². The predicted molar refractivity (Wildman–Crippen MR) is 113 cm³/mol. The van der Waals surface area contributed by atoms with Gasteiger partial charge in [-0.05, 0) is 43.2 Å². The second-order valence-electron chi connectivity index (χ2n) is 7.11. The number of para-hydroxylation sites is 1. The maximum Gasteiger partial charge on any atom is 0.374 e. The van der Waals surface area contributed by atoms with Gasteiger partial charge in [0.1, 0.15) is 5.76 Å². The minimum absolute atomic E-state index is 0.00891. The van der Waals surface area contributed by atoms with Crippen LogP contribution in [0.15, 0.2) is 53.2 Å². The van der Waals surface area contributed by atoms with Crippen molar-refractivity contribution in [3.8, 4) is 0 Å². The lowest BCUT2D eigenvalue weighted by Crippen LogP contribution is -2.37. The van der Waals surface area contributed by atoms with Crippen LogP contribution in [0.25, 0.3) is 0 Å². The van der Waals surface area contributed by atoms with E-state index in [0.29, 0.717) is 12.3 Å². The molecule has 3 aromatic rings. The van der Waals surface area contributed by atoms with E-state index in [9.17, 15) is 14.4 Å². The third kappa shape index (κ3) is 5.81. The molecular formula is C22H24N4O5. The van der Waals surface area contributed by atoms with Crippen LogP contribution in [0, 0.1) is 13.8 Å². The molecule has 0 radical (unpaired) electrons. The molecule has 0 saturated carbocycles. The van der Waals surface area contributed by atoms with Crippen LogP contribution in [-0.2, 0) is 20.9 Å². The van der Waals surface area contributed by atoms with E-state index in [2.05, 4.69) is 10.4 Å². The molecule has 0 bridgehead atoms. The average molecular weight is 424 g/mol. The third-order valence-electron chi connectivity index (χ3n) is 4.62. The van der Waals surface area contributed by atoms with Gasteiger partial charge < -0.3 is 19.4 Å². The molecule has 1 aromatic carbocycles. The van der Waals surface area contributed by atoms with E-state index < -0.39 is 18.5 Å². The molecule has 3 rings (SSSR count). The van der Waals surface area contributed by atoms with Crippen LogP contribution in [0.1, 0.15) is 27.4 Å². The summed E-state index contributed by atoms with van der Waals surface area (Å²) in [6.45, 7) is 3.50. The van der Waals surface area contributed by atoms with Gasteiger partial charge in [-0.15, -0.1) is 0 Å². The van der Waals surface area contributed by atoms with Crippen molar-refractivity contribution < 1.29 is 23.5 Å². The van der Waals surface area contributed by atoms with Crippen LogP contribution in [-0.4, -0.2) is 52.7 Å². The molecule has 0 aliphatic heterocycles. The fourth-order valence-electron chi connectivity index (χ4n) is 2.93. The number of aromatic nitrogens is 2. The SMILES string of the molecule is Cc1cccc(C)c1NC(=O)CN(C)C(=O)COC(=O)c1ccc(Cn2cccn2)o1. The smallest absolute Gasteiger partial charge is 0.374 e. The molecule has 0 unspecified atom stereocenters. The van der Waals surface area contributed by atoms with Crippen LogP contribution in [0.5, 0.6) is 0 Å². The number of ether oxygens (including phenoxy) is 1. The zero-order valence-electron chi connectivity index (χ0n) is 17.6. The molecule has 0 saturated heterocycles.